The van der Waals surface area contributed by atoms with Gasteiger partial charge in [0, 0.05) is 24.8 Å². The topological polar surface area (TPSA) is 43.4 Å². The van der Waals surface area contributed by atoms with Gasteiger partial charge in [0.25, 0.3) is 0 Å². The zero-order chi connectivity index (χ0) is 15.6. The fourth-order valence-corrected chi connectivity index (χ4v) is 2.63. The van der Waals surface area contributed by atoms with Crippen molar-refractivity contribution in [1.82, 2.24) is 0 Å². The van der Waals surface area contributed by atoms with E-state index in [2.05, 4.69) is 0 Å². The van der Waals surface area contributed by atoms with E-state index in [1.165, 1.54) is 6.07 Å². The third-order valence-corrected chi connectivity index (χ3v) is 3.89. The van der Waals surface area contributed by atoms with E-state index in [0.717, 1.165) is 0 Å². The van der Waals surface area contributed by atoms with Crippen LogP contribution in [0.25, 0.3) is 0 Å². The maximum Gasteiger partial charge on any atom is 0.176 e. The Hall–Kier alpha value is -1.71. The van der Waals surface area contributed by atoms with E-state index in [4.69, 9.17) is 4.74 Å². The van der Waals surface area contributed by atoms with Crippen molar-refractivity contribution in [2.45, 2.75) is 52.1 Å². The van der Waals surface area contributed by atoms with Gasteiger partial charge in [0.2, 0.25) is 0 Å². The van der Waals surface area contributed by atoms with Gasteiger partial charge in [-0.1, -0.05) is 26.8 Å². The molecule has 0 heterocycles. The Labute approximate surface area is 124 Å². The Balaban J connectivity index is 2.15. The summed E-state index contributed by atoms with van der Waals surface area (Å²) in [6.45, 7) is 5.58. The Bertz CT molecular complexity index is 551. The van der Waals surface area contributed by atoms with E-state index < -0.39 is 6.10 Å². The van der Waals surface area contributed by atoms with Gasteiger partial charge in [-0.05, 0) is 24.0 Å². The van der Waals surface area contributed by atoms with Gasteiger partial charge in [-0.25, -0.2) is 4.39 Å². The lowest BCUT2D eigenvalue weighted by atomic mass is 9.99. The second kappa shape index (κ2) is 6.37. The number of carbonyl (C=O) groups is 2. The normalized spacial score (nSPS) is 23.3. The molecular weight excluding hydrogens is 271 g/mol. The van der Waals surface area contributed by atoms with Gasteiger partial charge < -0.3 is 4.74 Å². The number of halogens is 1. The number of benzene rings is 1. The highest BCUT2D eigenvalue weighted by Gasteiger charge is 2.31. The second-order valence-corrected chi connectivity index (χ2v) is 6.03. The Kier molecular flexibility index (Phi) is 4.76. The third-order valence-electron chi connectivity index (χ3n) is 3.89. The first-order chi connectivity index (χ1) is 9.88. The lowest BCUT2D eigenvalue weighted by Crippen LogP contribution is -2.30. The van der Waals surface area contributed by atoms with Crippen molar-refractivity contribution in [1.29, 1.82) is 0 Å². The van der Waals surface area contributed by atoms with Gasteiger partial charge in [-0.15, -0.1) is 0 Å². The molecule has 1 aliphatic carbocycles. The van der Waals surface area contributed by atoms with Crippen LogP contribution in [0.15, 0.2) is 18.2 Å². The minimum absolute atomic E-state index is 0.0748. The van der Waals surface area contributed by atoms with Crippen molar-refractivity contribution in [3.05, 3.63) is 29.6 Å². The molecule has 2 rings (SSSR count). The number of hydrogen-bond acceptors (Lipinski definition) is 3. The minimum Gasteiger partial charge on any atom is -0.483 e. The van der Waals surface area contributed by atoms with Crippen LogP contribution >= 0.6 is 0 Å². The third kappa shape index (κ3) is 3.69. The molecule has 0 bridgehead atoms. The predicted molar refractivity (Wildman–Crippen MR) is 77.9 cm³/mol. The molecule has 1 aromatic carbocycles. The minimum atomic E-state index is -0.657. The number of hydrogen-bond donors (Lipinski definition) is 0. The maximum absolute atomic E-state index is 14.0. The molecule has 3 nitrogen and oxygen atoms in total. The molecule has 1 aliphatic rings. The summed E-state index contributed by atoms with van der Waals surface area (Å²) >= 11 is 0. The van der Waals surface area contributed by atoms with Gasteiger partial charge in [0.1, 0.15) is 17.3 Å². The predicted octanol–water partition coefficient (Wildman–Crippen LogP) is 3.65. The van der Waals surface area contributed by atoms with Crippen LogP contribution in [0.5, 0.6) is 5.75 Å². The first-order valence-corrected chi connectivity index (χ1v) is 7.40. The van der Waals surface area contributed by atoms with E-state index in [0.29, 0.717) is 24.2 Å². The van der Waals surface area contributed by atoms with Crippen LogP contribution in [-0.4, -0.2) is 17.7 Å². The molecule has 1 aromatic rings. The van der Waals surface area contributed by atoms with Crippen molar-refractivity contribution in [2.24, 2.45) is 5.92 Å². The smallest absolute Gasteiger partial charge is 0.176 e. The molecular formula is C17H21FO3. The lowest BCUT2D eigenvalue weighted by Gasteiger charge is -2.18. The maximum atomic E-state index is 14.0. The number of Topliss-reactive ketones (excluding diaryl/α,β-unsaturated/α-hetero) is 2. The summed E-state index contributed by atoms with van der Waals surface area (Å²) < 4.78 is 19.6. The van der Waals surface area contributed by atoms with Crippen molar-refractivity contribution < 1.29 is 18.7 Å². The van der Waals surface area contributed by atoms with Crippen LogP contribution in [0.4, 0.5) is 4.39 Å². The van der Waals surface area contributed by atoms with E-state index >= 15 is 0 Å². The Morgan fingerprint density at radius 2 is 2.00 bits per heavy atom. The highest BCUT2D eigenvalue weighted by molar-refractivity contribution is 5.92. The summed E-state index contributed by atoms with van der Waals surface area (Å²) in [7, 11) is 0. The van der Waals surface area contributed by atoms with E-state index in [1.807, 2.05) is 13.8 Å². The van der Waals surface area contributed by atoms with Crippen molar-refractivity contribution >= 4 is 11.6 Å². The highest BCUT2D eigenvalue weighted by atomic mass is 19.1. The summed E-state index contributed by atoms with van der Waals surface area (Å²) in [4.78, 5) is 23.7. The monoisotopic (exact) mass is 292 g/mol. The van der Waals surface area contributed by atoms with Crippen LogP contribution in [0.1, 0.15) is 51.5 Å². The quantitative estimate of drug-likeness (QED) is 0.799. The zero-order valence-corrected chi connectivity index (χ0v) is 12.7. The van der Waals surface area contributed by atoms with Crippen molar-refractivity contribution in [2.75, 3.05) is 0 Å². The summed E-state index contributed by atoms with van der Waals surface area (Å²) in [6, 6.07) is 4.69. The van der Waals surface area contributed by atoms with Gasteiger partial charge in [0.05, 0.1) is 0 Å². The molecule has 4 heteroatoms. The Morgan fingerprint density at radius 1 is 1.29 bits per heavy atom. The Morgan fingerprint density at radius 3 is 2.62 bits per heavy atom. The van der Waals surface area contributed by atoms with Crippen LogP contribution in [-0.2, 0) is 9.59 Å². The number of carbonyl (C=O) groups excluding carboxylic acids is 2. The van der Waals surface area contributed by atoms with E-state index in [9.17, 15) is 14.0 Å². The second-order valence-electron chi connectivity index (χ2n) is 6.03. The van der Waals surface area contributed by atoms with Gasteiger partial charge in [-0.2, -0.15) is 0 Å². The lowest BCUT2D eigenvalue weighted by molar-refractivity contribution is -0.130. The zero-order valence-electron chi connectivity index (χ0n) is 12.7. The van der Waals surface area contributed by atoms with Crippen LogP contribution in [0, 0.1) is 11.7 Å². The molecule has 1 fully saturated rings. The summed E-state index contributed by atoms with van der Waals surface area (Å²) in [5.74, 6) is -0.206. The van der Waals surface area contributed by atoms with Crippen LogP contribution in [0.3, 0.4) is 0 Å². The molecule has 0 amide bonds. The molecule has 2 unspecified atom stereocenters. The molecule has 0 saturated heterocycles. The van der Waals surface area contributed by atoms with E-state index in [-0.39, 0.29) is 35.6 Å². The molecule has 0 N–H and O–H groups in total. The summed E-state index contributed by atoms with van der Waals surface area (Å²) in [5, 5.41) is 0. The van der Waals surface area contributed by atoms with Gasteiger partial charge >= 0.3 is 0 Å². The SMILES string of the molecule is CC1CC(=O)CCC(Oc2ccc(C(C)C)c(F)c2)C1=O. The fraction of sp³-hybridized carbons (Fsp3) is 0.529. The van der Waals surface area contributed by atoms with Crippen molar-refractivity contribution in [3.8, 4) is 5.75 Å². The molecule has 21 heavy (non-hydrogen) atoms. The first kappa shape index (κ1) is 15.7. The first-order valence-electron chi connectivity index (χ1n) is 7.40. The fourth-order valence-electron chi connectivity index (χ4n) is 2.63. The van der Waals surface area contributed by atoms with Gasteiger partial charge in [-0.3, -0.25) is 9.59 Å². The number of ketones is 2. The number of ether oxygens (including phenoxy) is 1. The average Bonchev–Trinajstić information content (AvgIpc) is 2.52. The largest absolute Gasteiger partial charge is 0.483 e. The van der Waals surface area contributed by atoms with Crippen molar-refractivity contribution in [3.63, 3.8) is 0 Å². The van der Waals surface area contributed by atoms with Crippen LogP contribution in [0.2, 0.25) is 0 Å². The number of rotatable bonds is 3. The molecule has 2 atom stereocenters. The molecule has 1 saturated carbocycles. The van der Waals surface area contributed by atoms with Crippen LogP contribution < -0.4 is 4.74 Å². The van der Waals surface area contributed by atoms with Gasteiger partial charge in [0.15, 0.2) is 11.9 Å². The molecule has 0 spiro atoms. The summed E-state index contributed by atoms with van der Waals surface area (Å²) in [5.41, 5.74) is 0.623. The average molecular weight is 292 g/mol. The molecule has 0 radical (unpaired) electrons. The summed E-state index contributed by atoms with van der Waals surface area (Å²) in [6.07, 6.45) is 0.332. The molecule has 114 valence electrons. The standard InChI is InChI=1S/C17H21FO3/c1-10(2)14-6-5-13(9-15(14)18)21-16-7-4-12(19)8-11(3)17(16)20/h5-6,9-11,16H,4,7-8H2,1-3H3. The van der Waals surface area contributed by atoms with E-state index in [1.54, 1.807) is 19.1 Å². The molecule has 0 aliphatic heterocycles. The molecule has 0 aromatic heterocycles. The highest BCUT2D eigenvalue weighted by Crippen LogP contribution is 2.26.